The van der Waals surface area contributed by atoms with Crippen molar-refractivity contribution < 1.29 is 22.2 Å². The first-order valence-electron chi connectivity index (χ1n) is 8.90. The fourth-order valence-electron chi connectivity index (χ4n) is 3.18. The molecule has 0 unspecified atom stereocenters. The molecule has 3 aromatic rings. The normalized spacial score (nSPS) is 15.6. The third-order valence-electron chi connectivity index (χ3n) is 4.64. The van der Waals surface area contributed by atoms with Crippen LogP contribution in [0, 0.1) is 6.92 Å². The number of nitrogens with two attached hydrogens (primary N) is 1. The molecule has 0 spiro atoms. The molecule has 0 aliphatic carbocycles. The number of anilines is 1. The summed E-state index contributed by atoms with van der Waals surface area (Å²) in [5.41, 5.74) is 6.38. The zero-order valence-corrected chi connectivity index (χ0v) is 16.4. The summed E-state index contributed by atoms with van der Waals surface area (Å²) in [4.78, 5) is 17.7. The Morgan fingerprint density at radius 2 is 1.90 bits per heavy atom. The molecule has 1 fully saturated rings. The van der Waals surface area contributed by atoms with Crippen molar-refractivity contribution in [3.8, 4) is 11.5 Å². The number of aromatic nitrogens is 2. The van der Waals surface area contributed by atoms with Gasteiger partial charge in [-0.3, -0.25) is 4.79 Å². The Hall–Kier alpha value is -3.18. The smallest absolute Gasteiger partial charge is 0.276 e. The van der Waals surface area contributed by atoms with E-state index in [2.05, 4.69) is 10.1 Å². The molecule has 11 heteroatoms. The molecule has 1 aliphatic heterocycles. The molecule has 1 amide bonds. The summed E-state index contributed by atoms with van der Waals surface area (Å²) in [6, 6.07) is 7.84. The quantitative estimate of drug-likeness (QED) is 0.655. The van der Waals surface area contributed by atoms with Gasteiger partial charge in [0, 0.05) is 38.4 Å². The molecule has 0 atom stereocenters. The molecule has 0 saturated carbocycles. The van der Waals surface area contributed by atoms with E-state index in [4.69, 9.17) is 14.7 Å². The number of nitrogens with zero attached hydrogens (tertiary/aromatic N) is 4. The van der Waals surface area contributed by atoms with Gasteiger partial charge in [-0.2, -0.15) is 4.31 Å². The van der Waals surface area contributed by atoms with Crippen LogP contribution in [0.1, 0.15) is 16.1 Å². The van der Waals surface area contributed by atoms with Crippen LogP contribution < -0.4 is 10.6 Å². The molecule has 0 radical (unpaired) electrons. The number of rotatable bonds is 5. The molecule has 3 aromatic heterocycles. The fourth-order valence-corrected chi connectivity index (χ4v) is 4.51. The molecule has 1 saturated heterocycles. The van der Waals surface area contributed by atoms with E-state index >= 15 is 0 Å². The predicted octanol–water partition coefficient (Wildman–Crippen LogP) is 1.25. The second-order valence-corrected chi connectivity index (χ2v) is 8.45. The van der Waals surface area contributed by atoms with Crippen molar-refractivity contribution in [2.24, 2.45) is 5.73 Å². The van der Waals surface area contributed by atoms with Gasteiger partial charge in [0.2, 0.25) is 10.9 Å². The lowest BCUT2D eigenvalue weighted by Crippen LogP contribution is -2.49. The maximum atomic E-state index is 12.9. The average Bonchev–Trinajstić information content (AvgIpc) is 3.37. The van der Waals surface area contributed by atoms with Crippen molar-refractivity contribution in [3.05, 3.63) is 47.8 Å². The highest BCUT2D eigenvalue weighted by atomic mass is 32.2. The SMILES string of the molecule is Cc1cc(-c2ccc(S(=O)(=O)N3CCN(c4ncccc4C(N)=O)CC3)o2)on1. The summed E-state index contributed by atoms with van der Waals surface area (Å²) in [7, 11) is -3.81. The zero-order valence-electron chi connectivity index (χ0n) is 15.6. The summed E-state index contributed by atoms with van der Waals surface area (Å²) in [5, 5.41) is 3.61. The van der Waals surface area contributed by atoms with Gasteiger partial charge in [0.1, 0.15) is 5.82 Å². The molecule has 0 aromatic carbocycles. The minimum Gasteiger partial charge on any atom is -0.440 e. The standard InChI is InChI=1S/C18H19N5O5S/c1-12-11-15(28-21-12)14-4-5-16(27-14)29(25,26)23-9-7-22(8-10-23)18-13(17(19)24)3-2-6-20-18/h2-6,11H,7-10H2,1H3,(H2,19,24). The summed E-state index contributed by atoms with van der Waals surface area (Å²) in [6.45, 7) is 2.93. The van der Waals surface area contributed by atoms with Crippen LogP contribution in [0.2, 0.25) is 0 Å². The minimum absolute atomic E-state index is 0.161. The van der Waals surface area contributed by atoms with E-state index in [-0.39, 0.29) is 18.2 Å². The Balaban J connectivity index is 1.50. The Labute approximate surface area is 166 Å². The van der Waals surface area contributed by atoms with Gasteiger partial charge in [-0.25, -0.2) is 13.4 Å². The van der Waals surface area contributed by atoms with E-state index in [0.29, 0.717) is 41.7 Å². The lowest BCUT2D eigenvalue weighted by atomic mass is 10.2. The van der Waals surface area contributed by atoms with Crippen LogP contribution in [-0.2, 0) is 10.0 Å². The van der Waals surface area contributed by atoms with E-state index in [1.165, 1.54) is 16.4 Å². The van der Waals surface area contributed by atoms with Gasteiger partial charge >= 0.3 is 0 Å². The van der Waals surface area contributed by atoms with Gasteiger partial charge in [0.25, 0.3) is 15.9 Å². The van der Waals surface area contributed by atoms with Crippen LogP contribution in [0.25, 0.3) is 11.5 Å². The van der Waals surface area contributed by atoms with Crippen LogP contribution in [0.3, 0.4) is 0 Å². The van der Waals surface area contributed by atoms with E-state index in [0.717, 1.165) is 0 Å². The minimum atomic E-state index is -3.81. The van der Waals surface area contributed by atoms with Gasteiger partial charge < -0.3 is 19.6 Å². The number of sulfonamides is 1. The molecule has 152 valence electrons. The first-order valence-corrected chi connectivity index (χ1v) is 10.3. The Kier molecular flexibility index (Phi) is 4.84. The van der Waals surface area contributed by atoms with Crippen LogP contribution >= 0.6 is 0 Å². The van der Waals surface area contributed by atoms with Crippen LogP contribution in [0.4, 0.5) is 5.82 Å². The van der Waals surface area contributed by atoms with Gasteiger partial charge in [0.05, 0.1) is 11.3 Å². The lowest BCUT2D eigenvalue weighted by Gasteiger charge is -2.34. The number of piperazine rings is 1. The number of pyridine rings is 1. The fraction of sp³-hybridized carbons (Fsp3) is 0.278. The first kappa shape index (κ1) is 19.2. The molecular formula is C18H19N5O5S. The average molecular weight is 417 g/mol. The first-order chi connectivity index (χ1) is 13.9. The number of primary amides is 1. The molecule has 4 heterocycles. The van der Waals surface area contributed by atoms with E-state index in [9.17, 15) is 13.2 Å². The van der Waals surface area contributed by atoms with Gasteiger partial charge in [-0.1, -0.05) is 5.16 Å². The molecule has 0 bridgehead atoms. The third kappa shape index (κ3) is 3.61. The predicted molar refractivity (Wildman–Crippen MR) is 103 cm³/mol. The molecule has 4 rings (SSSR count). The summed E-state index contributed by atoms with van der Waals surface area (Å²) in [6.07, 6.45) is 1.57. The van der Waals surface area contributed by atoms with Crippen molar-refractivity contribution in [1.29, 1.82) is 0 Å². The van der Waals surface area contributed by atoms with E-state index < -0.39 is 15.9 Å². The number of aryl methyl sites for hydroxylation is 1. The monoisotopic (exact) mass is 417 g/mol. The second-order valence-electron chi connectivity index (χ2n) is 6.58. The lowest BCUT2D eigenvalue weighted by molar-refractivity contribution is 0.1000. The molecule has 2 N–H and O–H groups in total. The van der Waals surface area contributed by atoms with Crippen molar-refractivity contribution in [2.75, 3.05) is 31.1 Å². The zero-order chi connectivity index (χ0) is 20.6. The molecule has 29 heavy (non-hydrogen) atoms. The number of hydrogen-bond donors (Lipinski definition) is 1. The van der Waals surface area contributed by atoms with Gasteiger partial charge in [0.15, 0.2) is 5.76 Å². The molecule has 10 nitrogen and oxygen atoms in total. The topological polar surface area (TPSA) is 136 Å². The molecular weight excluding hydrogens is 398 g/mol. The van der Waals surface area contributed by atoms with Crippen LogP contribution in [0.5, 0.6) is 0 Å². The highest BCUT2D eigenvalue weighted by molar-refractivity contribution is 7.89. The number of hydrogen-bond acceptors (Lipinski definition) is 8. The number of carbonyl (C=O) groups is 1. The van der Waals surface area contributed by atoms with E-state index in [1.54, 1.807) is 31.3 Å². The number of furan rings is 1. The van der Waals surface area contributed by atoms with Crippen molar-refractivity contribution in [1.82, 2.24) is 14.4 Å². The van der Waals surface area contributed by atoms with Gasteiger partial charge in [-0.15, -0.1) is 0 Å². The third-order valence-corrected chi connectivity index (χ3v) is 6.41. The van der Waals surface area contributed by atoms with Crippen molar-refractivity contribution in [2.45, 2.75) is 12.0 Å². The summed E-state index contributed by atoms with van der Waals surface area (Å²) >= 11 is 0. The Morgan fingerprint density at radius 3 is 2.55 bits per heavy atom. The maximum Gasteiger partial charge on any atom is 0.276 e. The van der Waals surface area contributed by atoms with Crippen LogP contribution in [0.15, 0.2) is 50.6 Å². The number of amides is 1. The van der Waals surface area contributed by atoms with Gasteiger partial charge in [-0.05, 0) is 31.2 Å². The highest BCUT2D eigenvalue weighted by Crippen LogP contribution is 2.28. The Bertz CT molecular complexity index is 1140. The van der Waals surface area contributed by atoms with E-state index in [1.807, 2.05) is 4.90 Å². The molecule has 1 aliphatic rings. The van der Waals surface area contributed by atoms with Crippen LogP contribution in [-0.4, -0.2) is 54.9 Å². The second kappa shape index (κ2) is 7.33. The largest absolute Gasteiger partial charge is 0.440 e. The van der Waals surface area contributed by atoms with Crippen molar-refractivity contribution >= 4 is 21.7 Å². The summed E-state index contributed by atoms with van der Waals surface area (Å²) < 4.78 is 37.8. The summed E-state index contributed by atoms with van der Waals surface area (Å²) in [5.74, 6) is 0.539. The number of carbonyl (C=O) groups excluding carboxylic acids is 1. The highest BCUT2D eigenvalue weighted by Gasteiger charge is 2.32. The maximum absolute atomic E-state index is 12.9. The van der Waals surface area contributed by atoms with Crippen molar-refractivity contribution in [3.63, 3.8) is 0 Å². The Morgan fingerprint density at radius 1 is 1.14 bits per heavy atom.